The zero-order valence-corrected chi connectivity index (χ0v) is 19.1. The average molecular weight is 473 g/mol. The fourth-order valence-corrected chi connectivity index (χ4v) is 2.97. The maximum absolute atomic E-state index is 4.58. The molecule has 0 aliphatic rings. The van der Waals surface area contributed by atoms with Gasteiger partial charge in [-0.25, -0.2) is 0 Å². The summed E-state index contributed by atoms with van der Waals surface area (Å²) in [6.45, 7) is 6.04. The number of nitrogens with one attached hydrogen (secondary N) is 1. The van der Waals surface area contributed by atoms with E-state index in [1.165, 1.54) is 11.1 Å². The Bertz CT molecular complexity index is 702. The molecule has 0 radical (unpaired) electrons. The molecule has 0 unspecified atom stereocenters. The number of halogens is 1. The molecule has 0 aliphatic carbocycles. The number of aromatic nitrogens is 4. The molecule has 0 bridgehead atoms. The van der Waals surface area contributed by atoms with Gasteiger partial charge in [0.25, 0.3) is 0 Å². The van der Waals surface area contributed by atoms with E-state index in [2.05, 4.69) is 58.7 Å². The van der Waals surface area contributed by atoms with Gasteiger partial charge in [-0.1, -0.05) is 13.8 Å². The fraction of sp³-hybridized carbons (Fsp3) is 0.611. The van der Waals surface area contributed by atoms with Crippen molar-refractivity contribution in [3.8, 4) is 0 Å². The van der Waals surface area contributed by atoms with Crippen molar-refractivity contribution >= 4 is 29.9 Å². The van der Waals surface area contributed by atoms with Crippen molar-refractivity contribution in [3.05, 3.63) is 35.4 Å². The molecule has 2 aromatic heterocycles. The van der Waals surface area contributed by atoms with E-state index in [0.29, 0.717) is 5.92 Å². The number of hydrogen-bond donors (Lipinski definition) is 1. The van der Waals surface area contributed by atoms with Crippen LogP contribution in [0.15, 0.2) is 23.6 Å². The predicted molar refractivity (Wildman–Crippen MR) is 117 cm³/mol. The Kier molecular flexibility index (Phi) is 9.11. The largest absolute Gasteiger partial charge is 0.356 e. The van der Waals surface area contributed by atoms with Gasteiger partial charge < -0.3 is 10.2 Å². The zero-order chi connectivity index (χ0) is 18.4. The summed E-state index contributed by atoms with van der Waals surface area (Å²) in [5.74, 6) is 1.32. The predicted octanol–water partition coefficient (Wildman–Crippen LogP) is 2.54. The Hall–Kier alpha value is -1.58. The normalized spacial score (nSPS) is 11.6. The van der Waals surface area contributed by atoms with Crippen LogP contribution >= 0.6 is 24.0 Å². The van der Waals surface area contributed by atoms with E-state index < -0.39 is 0 Å². The van der Waals surface area contributed by atoms with Crippen LogP contribution in [0.4, 0.5) is 0 Å². The van der Waals surface area contributed by atoms with E-state index in [4.69, 9.17) is 0 Å². The average Bonchev–Trinajstić information content (AvgIpc) is 3.13. The maximum Gasteiger partial charge on any atom is 0.193 e. The summed E-state index contributed by atoms with van der Waals surface area (Å²) in [6, 6.07) is 0. The van der Waals surface area contributed by atoms with Crippen molar-refractivity contribution in [1.82, 2.24) is 29.8 Å². The van der Waals surface area contributed by atoms with Crippen molar-refractivity contribution in [2.24, 2.45) is 19.1 Å². The van der Waals surface area contributed by atoms with Crippen LogP contribution in [-0.4, -0.2) is 51.1 Å². The maximum atomic E-state index is 4.58. The number of nitrogens with zero attached hydrogens (tertiary/aromatic N) is 6. The third-order valence-electron chi connectivity index (χ3n) is 4.15. The van der Waals surface area contributed by atoms with E-state index in [1.807, 2.05) is 36.7 Å². The lowest BCUT2D eigenvalue weighted by Crippen LogP contribution is -2.39. The molecule has 8 heteroatoms. The van der Waals surface area contributed by atoms with Crippen molar-refractivity contribution in [3.63, 3.8) is 0 Å². The lowest BCUT2D eigenvalue weighted by atomic mass is 10.1. The minimum Gasteiger partial charge on any atom is -0.356 e. The fourth-order valence-electron chi connectivity index (χ4n) is 2.97. The van der Waals surface area contributed by atoms with Gasteiger partial charge in [0.15, 0.2) is 5.96 Å². The topological polar surface area (TPSA) is 63.3 Å². The van der Waals surface area contributed by atoms with Crippen LogP contribution in [-0.2, 0) is 27.1 Å². The molecule has 2 heterocycles. The number of guanidine groups is 1. The summed E-state index contributed by atoms with van der Waals surface area (Å²) >= 11 is 0. The van der Waals surface area contributed by atoms with Gasteiger partial charge in [-0.3, -0.25) is 14.4 Å². The van der Waals surface area contributed by atoms with Crippen molar-refractivity contribution in [2.45, 2.75) is 39.2 Å². The highest BCUT2D eigenvalue weighted by molar-refractivity contribution is 14.0. The van der Waals surface area contributed by atoms with Gasteiger partial charge in [0.1, 0.15) is 0 Å². The van der Waals surface area contributed by atoms with Crippen LogP contribution in [0.25, 0.3) is 0 Å². The summed E-state index contributed by atoms with van der Waals surface area (Å²) in [6.07, 6.45) is 8.15. The summed E-state index contributed by atoms with van der Waals surface area (Å²) in [5, 5.41) is 12.2. The van der Waals surface area contributed by atoms with Crippen LogP contribution < -0.4 is 5.32 Å². The first-order valence-electron chi connectivity index (χ1n) is 8.82. The van der Waals surface area contributed by atoms with Crippen molar-refractivity contribution in [2.75, 3.05) is 20.6 Å². The summed E-state index contributed by atoms with van der Waals surface area (Å²) in [7, 11) is 7.81. The first-order chi connectivity index (χ1) is 11.9. The van der Waals surface area contributed by atoms with E-state index in [9.17, 15) is 0 Å². The molecule has 0 aromatic carbocycles. The molecule has 0 fully saturated rings. The van der Waals surface area contributed by atoms with Crippen LogP contribution in [0.1, 0.15) is 43.0 Å². The third-order valence-corrected chi connectivity index (χ3v) is 4.15. The smallest absolute Gasteiger partial charge is 0.193 e. The second-order valence-corrected chi connectivity index (χ2v) is 6.82. The number of aryl methyl sites for hydroxylation is 3. The van der Waals surface area contributed by atoms with Gasteiger partial charge in [-0.15, -0.1) is 24.0 Å². The quantitative estimate of drug-likeness (QED) is 0.291. The van der Waals surface area contributed by atoms with Gasteiger partial charge >= 0.3 is 0 Å². The molecule has 0 amide bonds. The molecule has 0 saturated heterocycles. The molecule has 0 atom stereocenters. The van der Waals surface area contributed by atoms with Crippen molar-refractivity contribution < 1.29 is 0 Å². The monoisotopic (exact) mass is 473 g/mol. The van der Waals surface area contributed by atoms with E-state index in [-0.39, 0.29) is 24.0 Å². The highest BCUT2D eigenvalue weighted by atomic mass is 127. The molecule has 146 valence electrons. The molecular weight excluding hydrogens is 441 g/mol. The Balaban J connectivity index is 0.00000338. The van der Waals surface area contributed by atoms with Gasteiger partial charge in [-0.2, -0.15) is 10.2 Å². The number of rotatable bonds is 7. The Labute approximate surface area is 173 Å². The minimum atomic E-state index is 0. The Morgan fingerprint density at radius 3 is 2.58 bits per heavy atom. The SMILES string of the molecule is CN=C(NCCCc1cnn(C)c1)N(C)Cc1cn(C)nc1C(C)C.I. The van der Waals surface area contributed by atoms with Gasteiger partial charge in [0, 0.05) is 59.2 Å². The number of hydrogen-bond acceptors (Lipinski definition) is 3. The molecule has 2 rings (SSSR count). The van der Waals surface area contributed by atoms with Gasteiger partial charge in [0.05, 0.1) is 11.9 Å². The van der Waals surface area contributed by atoms with E-state index >= 15 is 0 Å². The molecule has 1 N–H and O–H groups in total. The number of aliphatic imine (C=N–C) groups is 1. The lowest BCUT2D eigenvalue weighted by molar-refractivity contribution is 0.472. The first-order valence-corrected chi connectivity index (χ1v) is 8.82. The molecule has 0 spiro atoms. The van der Waals surface area contributed by atoms with Crippen molar-refractivity contribution in [1.29, 1.82) is 0 Å². The van der Waals surface area contributed by atoms with E-state index in [1.54, 1.807) is 0 Å². The standard InChI is InChI=1S/C18H31N7.HI/c1-14(2)17-16(13-25(6)22-17)12-23(4)18(19-3)20-9-7-8-15-10-21-24(5)11-15;/h10-11,13-14H,7-9,12H2,1-6H3,(H,19,20);1H. The molecule has 0 saturated carbocycles. The van der Waals surface area contributed by atoms with Gasteiger partial charge in [-0.05, 0) is 24.3 Å². The second-order valence-electron chi connectivity index (χ2n) is 6.82. The Morgan fingerprint density at radius 2 is 2.00 bits per heavy atom. The summed E-state index contributed by atoms with van der Waals surface area (Å²) in [5.41, 5.74) is 3.67. The molecule has 2 aromatic rings. The Morgan fingerprint density at radius 1 is 1.27 bits per heavy atom. The van der Waals surface area contributed by atoms with Gasteiger partial charge in [0.2, 0.25) is 0 Å². The highest BCUT2D eigenvalue weighted by Gasteiger charge is 2.14. The molecule has 0 aliphatic heterocycles. The lowest BCUT2D eigenvalue weighted by Gasteiger charge is -2.22. The summed E-state index contributed by atoms with van der Waals surface area (Å²) in [4.78, 5) is 6.55. The van der Waals surface area contributed by atoms with Crippen LogP contribution in [0.2, 0.25) is 0 Å². The third kappa shape index (κ3) is 6.30. The molecular formula is C18H32IN7. The molecule has 7 nitrogen and oxygen atoms in total. The van der Waals surface area contributed by atoms with Crippen LogP contribution in [0.3, 0.4) is 0 Å². The minimum absolute atomic E-state index is 0. The first kappa shape index (κ1) is 22.5. The summed E-state index contributed by atoms with van der Waals surface area (Å²) < 4.78 is 3.73. The van der Waals surface area contributed by atoms with Crippen LogP contribution in [0.5, 0.6) is 0 Å². The van der Waals surface area contributed by atoms with E-state index in [0.717, 1.165) is 37.6 Å². The molecule has 26 heavy (non-hydrogen) atoms. The second kappa shape index (κ2) is 10.5. The zero-order valence-electron chi connectivity index (χ0n) is 16.7. The highest BCUT2D eigenvalue weighted by Crippen LogP contribution is 2.18. The van der Waals surface area contributed by atoms with Crippen LogP contribution in [0, 0.1) is 0 Å².